The molecule has 2 aliphatic rings. The summed E-state index contributed by atoms with van der Waals surface area (Å²) in [5.41, 5.74) is -0.0942. The summed E-state index contributed by atoms with van der Waals surface area (Å²) in [6, 6.07) is 3.07. The summed E-state index contributed by atoms with van der Waals surface area (Å²) in [5.74, 6) is -1.70. The van der Waals surface area contributed by atoms with Gasteiger partial charge in [0, 0.05) is 12.1 Å². The van der Waals surface area contributed by atoms with Gasteiger partial charge in [0.05, 0.1) is 12.7 Å². The number of aliphatic carboxylic acids is 1. The predicted octanol–water partition coefficient (Wildman–Crippen LogP) is 2.69. The topological polar surface area (TPSA) is 66.8 Å². The third-order valence-electron chi connectivity index (χ3n) is 5.01. The first kappa shape index (κ1) is 15.8. The van der Waals surface area contributed by atoms with Crippen LogP contribution in [0.2, 0.25) is 0 Å². The average Bonchev–Trinajstić information content (AvgIpc) is 2.93. The van der Waals surface area contributed by atoms with E-state index in [0.29, 0.717) is 12.2 Å². The van der Waals surface area contributed by atoms with Crippen LogP contribution in [0.3, 0.4) is 0 Å². The zero-order valence-corrected chi connectivity index (χ0v) is 13.0. The van der Waals surface area contributed by atoms with Gasteiger partial charge in [-0.05, 0) is 37.3 Å². The van der Waals surface area contributed by atoms with Crippen LogP contribution in [0, 0.1) is 11.7 Å². The van der Waals surface area contributed by atoms with Gasteiger partial charge in [0.1, 0.15) is 17.6 Å². The maximum Gasteiger partial charge on any atom is 0.326 e. The molecule has 3 unspecified atom stereocenters. The van der Waals surface area contributed by atoms with Crippen molar-refractivity contribution in [1.29, 1.82) is 0 Å². The molecule has 1 N–H and O–H groups in total. The molecule has 1 aliphatic carbocycles. The molecule has 6 heteroatoms. The van der Waals surface area contributed by atoms with Crippen LogP contribution in [-0.2, 0) is 4.79 Å². The van der Waals surface area contributed by atoms with Crippen LogP contribution < -0.4 is 4.74 Å². The summed E-state index contributed by atoms with van der Waals surface area (Å²) < 4.78 is 19.2. The average molecular weight is 321 g/mol. The number of rotatable bonds is 3. The summed E-state index contributed by atoms with van der Waals surface area (Å²) in [5, 5.41) is 9.47. The zero-order valence-electron chi connectivity index (χ0n) is 13.0. The number of carbonyl (C=O) groups is 2. The Bertz CT molecular complexity index is 633. The molecule has 0 aromatic heterocycles. The highest BCUT2D eigenvalue weighted by Gasteiger charge is 2.48. The molecular weight excluding hydrogens is 301 g/mol. The Hall–Kier alpha value is -2.11. The van der Waals surface area contributed by atoms with E-state index in [1.54, 1.807) is 0 Å². The molecule has 2 fully saturated rings. The maximum absolute atomic E-state index is 14.2. The van der Waals surface area contributed by atoms with Crippen molar-refractivity contribution in [3.8, 4) is 5.75 Å². The minimum atomic E-state index is -1.01. The Balaban J connectivity index is 1.93. The molecule has 23 heavy (non-hydrogen) atoms. The lowest BCUT2D eigenvalue weighted by atomic mass is 9.84. The van der Waals surface area contributed by atoms with Crippen molar-refractivity contribution in [3.05, 3.63) is 29.6 Å². The number of likely N-dealkylation sites (tertiary alicyclic amines) is 1. The number of carboxylic acid groups (broad SMARTS) is 1. The molecule has 1 aromatic carbocycles. The smallest absolute Gasteiger partial charge is 0.326 e. The minimum absolute atomic E-state index is 0.0942. The van der Waals surface area contributed by atoms with E-state index in [4.69, 9.17) is 4.74 Å². The first-order valence-electron chi connectivity index (χ1n) is 7.92. The summed E-state index contributed by atoms with van der Waals surface area (Å²) in [6.07, 6.45) is 4.22. The van der Waals surface area contributed by atoms with E-state index in [1.165, 1.54) is 24.1 Å². The number of hydrogen-bond donors (Lipinski definition) is 1. The van der Waals surface area contributed by atoms with Crippen molar-refractivity contribution >= 4 is 11.9 Å². The number of ether oxygens (including phenoxy) is 1. The molecule has 0 spiro atoms. The summed E-state index contributed by atoms with van der Waals surface area (Å²) in [6.45, 7) is 0. The second kappa shape index (κ2) is 6.18. The monoisotopic (exact) mass is 321 g/mol. The zero-order chi connectivity index (χ0) is 16.6. The Kier molecular flexibility index (Phi) is 4.24. The molecule has 1 aromatic rings. The van der Waals surface area contributed by atoms with Gasteiger partial charge in [-0.2, -0.15) is 0 Å². The second-order valence-corrected chi connectivity index (χ2v) is 6.26. The van der Waals surface area contributed by atoms with Gasteiger partial charge in [-0.15, -0.1) is 0 Å². The maximum atomic E-state index is 14.2. The normalized spacial score (nSPS) is 26.7. The lowest BCUT2D eigenvalue weighted by Crippen LogP contribution is -2.46. The molecule has 1 amide bonds. The molecule has 1 heterocycles. The molecule has 5 nitrogen and oxygen atoms in total. The van der Waals surface area contributed by atoms with Crippen molar-refractivity contribution in [2.45, 2.75) is 44.2 Å². The highest BCUT2D eigenvalue weighted by molar-refractivity contribution is 5.97. The van der Waals surface area contributed by atoms with Crippen LogP contribution >= 0.6 is 0 Å². The Morgan fingerprint density at radius 2 is 2.04 bits per heavy atom. The van der Waals surface area contributed by atoms with Crippen molar-refractivity contribution < 1.29 is 23.8 Å². The lowest BCUT2D eigenvalue weighted by Gasteiger charge is -2.33. The highest BCUT2D eigenvalue weighted by Crippen LogP contribution is 2.40. The molecule has 3 rings (SSSR count). The van der Waals surface area contributed by atoms with E-state index in [0.717, 1.165) is 31.7 Å². The van der Waals surface area contributed by atoms with E-state index in [9.17, 15) is 19.1 Å². The number of carbonyl (C=O) groups excluding carboxylic acids is 1. The molecule has 0 bridgehead atoms. The fourth-order valence-electron chi connectivity index (χ4n) is 3.91. The molecule has 3 atom stereocenters. The third-order valence-corrected chi connectivity index (χ3v) is 5.01. The quantitative estimate of drug-likeness (QED) is 0.929. The van der Waals surface area contributed by atoms with Crippen molar-refractivity contribution in [1.82, 2.24) is 4.90 Å². The number of fused-ring (bicyclic) bond motifs is 1. The van der Waals surface area contributed by atoms with Gasteiger partial charge in [0.15, 0.2) is 0 Å². The van der Waals surface area contributed by atoms with Crippen LogP contribution in [0.5, 0.6) is 5.75 Å². The van der Waals surface area contributed by atoms with Crippen LogP contribution in [0.25, 0.3) is 0 Å². The summed E-state index contributed by atoms with van der Waals surface area (Å²) in [7, 11) is 1.42. The van der Waals surface area contributed by atoms with E-state index >= 15 is 0 Å². The number of halogens is 1. The van der Waals surface area contributed by atoms with E-state index in [2.05, 4.69) is 0 Å². The van der Waals surface area contributed by atoms with Gasteiger partial charge >= 0.3 is 5.97 Å². The molecule has 1 aliphatic heterocycles. The van der Waals surface area contributed by atoms with Crippen LogP contribution in [0.4, 0.5) is 4.39 Å². The van der Waals surface area contributed by atoms with E-state index in [-0.39, 0.29) is 17.5 Å². The highest BCUT2D eigenvalue weighted by atomic mass is 19.1. The van der Waals surface area contributed by atoms with Crippen LogP contribution in [0.15, 0.2) is 18.2 Å². The van der Waals surface area contributed by atoms with Gasteiger partial charge in [0.25, 0.3) is 5.91 Å². The molecular formula is C17H20FNO4. The summed E-state index contributed by atoms with van der Waals surface area (Å²) in [4.78, 5) is 25.8. The number of nitrogens with zero attached hydrogens (tertiary/aromatic N) is 1. The van der Waals surface area contributed by atoms with E-state index in [1.807, 2.05) is 0 Å². The fraction of sp³-hybridized carbons (Fsp3) is 0.529. The number of benzene rings is 1. The Labute approximate surface area is 134 Å². The Morgan fingerprint density at radius 3 is 2.70 bits per heavy atom. The number of carboxylic acids is 1. The molecule has 1 saturated carbocycles. The standard InChI is InChI=1S/C17H20FNO4/c1-23-11-6-7-12(13(18)9-11)16(20)19-14-5-3-2-4-10(14)8-15(19)17(21)22/h6-7,9-10,14-15H,2-5,8H2,1H3,(H,21,22). The van der Waals surface area contributed by atoms with Crippen molar-refractivity contribution in [3.63, 3.8) is 0 Å². The fourth-order valence-corrected chi connectivity index (χ4v) is 3.91. The SMILES string of the molecule is COc1ccc(C(=O)N2C(C(=O)O)CC3CCCCC32)c(F)c1. The molecule has 0 radical (unpaired) electrons. The van der Waals surface area contributed by atoms with Gasteiger partial charge in [-0.3, -0.25) is 4.79 Å². The van der Waals surface area contributed by atoms with Gasteiger partial charge < -0.3 is 14.7 Å². The number of methoxy groups -OCH3 is 1. The summed E-state index contributed by atoms with van der Waals surface area (Å²) >= 11 is 0. The Morgan fingerprint density at radius 1 is 1.30 bits per heavy atom. The van der Waals surface area contributed by atoms with Crippen molar-refractivity contribution in [2.24, 2.45) is 5.92 Å². The number of hydrogen-bond acceptors (Lipinski definition) is 3. The largest absolute Gasteiger partial charge is 0.497 e. The third kappa shape index (κ3) is 2.78. The number of amides is 1. The van der Waals surface area contributed by atoms with Gasteiger partial charge in [-0.25, -0.2) is 9.18 Å². The minimum Gasteiger partial charge on any atom is -0.497 e. The predicted molar refractivity (Wildman–Crippen MR) is 80.9 cm³/mol. The molecule has 124 valence electrons. The van der Waals surface area contributed by atoms with E-state index < -0.39 is 23.7 Å². The van der Waals surface area contributed by atoms with Gasteiger partial charge in [0.2, 0.25) is 0 Å². The van der Waals surface area contributed by atoms with Crippen molar-refractivity contribution in [2.75, 3.05) is 7.11 Å². The second-order valence-electron chi connectivity index (χ2n) is 6.26. The van der Waals surface area contributed by atoms with Crippen LogP contribution in [-0.4, -0.2) is 41.1 Å². The first-order chi connectivity index (χ1) is 11.0. The van der Waals surface area contributed by atoms with Crippen LogP contribution in [0.1, 0.15) is 42.5 Å². The first-order valence-corrected chi connectivity index (χ1v) is 7.92. The lowest BCUT2D eigenvalue weighted by molar-refractivity contribution is -0.141. The van der Waals surface area contributed by atoms with Gasteiger partial charge in [-0.1, -0.05) is 12.8 Å². The molecule has 1 saturated heterocycles.